The summed E-state index contributed by atoms with van der Waals surface area (Å²) in [5.74, 6) is 0.496. The highest BCUT2D eigenvalue weighted by Crippen LogP contribution is 2.14. The van der Waals surface area contributed by atoms with Crippen LogP contribution in [-0.4, -0.2) is 56.0 Å². The highest BCUT2D eigenvalue weighted by molar-refractivity contribution is 7.88. The van der Waals surface area contributed by atoms with Crippen LogP contribution in [0, 0.1) is 6.92 Å². The van der Waals surface area contributed by atoms with Crippen LogP contribution in [-0.2, 0) is 10.0 Å². The number of carbonyl (C=O) groups is 1. The van der Waals surface area contributed by atoms with Crippen LogP contribution < -0.4 is 0 Å². The molecule has 1 aromatic rings. The minimum Gasteiger partial charge on any atom is -0.469 e. The van der Waals surface area contributed by atoms with E-state index in [1.54, 1.807) is 17.9 Å². The van der Waals surface area contributed by atoms with Crippen LogP contribution in [0.15, 0.2) is 16.7 Å². The third-order valence-corrected chi connectivity index (χ3v) is 4.60. The van der Waals surface area contributed by atoms with Crippen molar-refractivity contribution in [3.63, 3.8) is 0 Å². The van der Waals surface area contributed by atoms with E-state index in [9.17, 15) is 13.2 Å². The van der Waals surface area contributed by atoms with Crippen LogP contribution in [0.1, 0.15) is 22.5 Å². The van der Waals surface area contributed by atoms with Crippen molar-refractivity contribution in [1.29, 1.82) is 0 Å². The van der Waals surface area contributed by atoms with Crippen molar-refractivity contribution in [1.82, 2.24) is 9.21 Å². The minimum atomic E-state index is -3.18. The summed E-state index contributed by atoms with van der Waals surface area (Å²) in [6, 6.07) is 1.65. The molecular weight excluding hydrogens is 268 g/mol. The van der Waals surface area contributed by atoms with Crippen molar-refractivity contribution in [2.45, 2.75) is 13.3 Å². The van der Waals surface area contributed by atoms with E-state index in [0.717, 1.165) is 0 Å². The molecule has 0 N–H and O–H groups in total. The number of furan rings is 1. The van der Waals surface area contributed by atoms with E-state index in [1.807, 2.05) is 0 Å². The first-order valence-electron chi connectivity index (χ1n) is 6.18. The Balaban J connectivity index is 2.08. The number of carbonyl (C=O) groups excluding carboxylic acids is 1. The lowest BCUT2D eigenvalue weighted by Crippen LogP contribution is -2.37. The van der Waals surface area contributed by atoms with Crippen molar-refractivity contribution >= 4 is 15.9 Å². The Morgan fingerprint density at radius 3 is 2.58 bits per heavy atom. The van der Waals surface area contributed by atoms with Gasteiger partial charge in [0.2, 0.25) is 10.0 Å². The molecule has 0 atom stereocenters. The van der Waals surface area contributed by atoms with Gasteiger partial charge in [-0.2, -0.15) is 0 Å². The van der Waals surface area contributed by atoms with E-state index in [2.05, 4.69) is 0 Å². The Kier molecular flexibility index (Phi) is 3.96. The van der Waals surface area contributed by atoms with Gasteiger partial charge in [-0.15, -0.1) is 0 Å². The summed E-state index contributed by atoms with van der Waals surface area (Å²) in [5, 5.41) is 0. The van der Waals surface area contributed by atoms with Crippen LogP contribution >= 0.6 is 0 Å². The molecule has 0 aliphatic carbocycles. The van der Waals surface area contributed by atoms with E-state index >= 15 is 0 Å². The summed E-state index contributed by atoms with van der Waals surface area (Å²) >= 11 is 0. The van der Waals surface area contributed by atoms with Crippen LogP contribution in [0.5, 0.6) is 0 Å². The number of aryl methyl sites for hydroxylation is 1. The average Bonchev–Trinajstić information content (AvgIpc) is 2.62. The van der Waals surface area contributed by atoms with Crippen molar-refractivity contribution in [3.05, 3.63) is 23.7 Å². The lowest BCUT2D eigenvalue weighted by molar-refractivity contribution is 0.0762. The molecule has 1 saturated heterocycles. The van der Waals surface area contributed by atoms with E-state index < -0.39 is 10.0 Å². The number of sulfonamides is 1. The highest BCUT2D eigenvalue weighted by Gasteiger charge is 2.25. The normalized spacial score (nSPS) is 18.3. The summed E-state index contributed by atoms with van der Waals surface area (Å²) in [6.45, 7) is 3.54. The van der Waals surface area contributed by atoms with E-state index in [4.69, 9.17) is 4.42 Å². The molecule has 1 amide bonds. The molecule has 0 aromatic carbocycles. The Labute approximate surface area is 113 Å². The molecule has 1 fully saturated rings. The molecule has 19 heavy (non-hydrogen) atoms. The largest absolute Gasteiger partial charge is 0.469 e. The van der Waals surface area contributed by atoms with Gasteiger partial charge < -0.3 is 9.32 Å². The second kappa shape index (κ2) is 5.34. The topological polar surface area (TPSA) is 70.8 Å². The van der Waals surface area contributed by atoms with Gasteiger partial charge in [0.15, 0.2) is 0 Å². The highest BCUT2D eigenvalue weighted by atomic mass is 32.2. The van der Waals surface area contributed by atoms with Gasteiger partial charge in [0.25, 0.3) is 5.91 Å². The van der Waals surface area contributed by atoms with Crippen LogP contribution in [0.25, 0.3) is 0 Å². The molecule has 1 aliphatic heterocycles. The SMILES string of the molecule is Cc1occc1C(=O)N1CCCN(S(C)(=O)=O)CC1. The van der Waals surface area contributed by atoms with Gasteiger partial charge in [0.05, 0.1) is 18.1 Å². The number of rotatable bonds is 2. The molecule has 0 unspecified atom stereocenters. The fourth-order valence-corrected chi connectivity index (χ4v) is 3.08. The second-order valence-electron chi connectivity index (χ2n) is 4.70. The number of nitrogens with zero attached hydrogens (tertiary/aromatic N) is 2. The number of hydrogen-bond donors (Lipinski definition) is 0. The van der Waals surface area contributed by atoms with E-state index in [-0.39, 0.29) is 5.91 Å². The fraction of sp³-hybridized carbons (Fsp3) is 0.583. The maximum atomic E-state index is 12.3. The number of amides is 1. The molecular formula is C12H18N2O4S. The van der Waals surface area contributed by atoms with Crippen LogP contribution in [0.2, 0.25) is 0 Å². The maximum Gasteiger partial charge on any atom is 0.257 e. The Bertz CT molecular complexity index is 564. The van der Waals surface area contributed by atoms with Crippen LogP contribution in [0.3, 0.4) is 0 Å². The summed E-state index contributed by atoms with van der Waals surface area (Å²) in [7, 11) is -3.18. The predicted molar refractivity (Wildman–Crippen MR) is 70.4 cm³/mol. The first-order chi connectivity index (χ1) is 8.89. The Morgan fingerprint density at radius 2 is 2.00 bits per heavy atom. The Morgan fingerprint density at radius 1 is 1.26 bits per heavy atom. The fourth-order valence-electron chi connectivity index (χ4n) is 2.21. The maximum absolute atomic E-state index is 12.3. The van der Waals surface area contributed by atoms with Crippen molar-refractivity contribution in [2.24, 2.45) is 0 Å². The van der Waals surface area contributed by atoms with E-state index in [1.165, 1.54) is 16.8 Å². The predicted octanol–water partition coefficient (Wildman–Crippen LogP) is 0.696. The molecule has 0 spiro atoms. The average molecular weight is 286 g/mol. The molecule has 1 aromatic heterocycles. The van der Waals surface area contributed by atoms with Crippen molar-refractivity contribution in [3.8, 4) is 0 Å². The first kappa shape index (κ1) is 14.1. The monoisotopic (exact) mass is 286 g/mol. The zero-order valence-corrected chi connectivity index (χ0v) is 11.9. The molecule has 0 bridgehead atoms. The third kappa shape index (κ3) is 3.16. The second-order valence-corrected chi connectivity index (χ2v) is 6.68. The van der Waals surface area contributed by atoms with Crippen molar-refractivity contribution < 1.29 is 17.6 Å². The zero-order chi connectivity index (χ0) is 14.0. The Hall–Kier alpha value is -1.34. The molecule has 2 heterocycles. The molecule has 6 nitrogen and oxygen atoms in total. The summed E-state index contributed by atoms with van der Waals surface area (Å²) in [6.07, 6.45) is 3.34. The molecule has 2 rings (SSSR count). The standard InChI is InChI=1S/C12H18N2O4S/c1-10-11(4-9-18-10)12(15)13-5-3-6-14(8-7-13)19(2,16)17/h4,9H,3,5-8H2,1-2H3. The van der Waals surface area contributed by atoms with Gasteiger partial charge in [0.1, 0.15) is 5.76 Å². The van der Waals surface area contributed by atoms with Gasteiger partial charge >= 0.3 is 0 Å². The van der Waals surface area contributed by atoms with Gasteiger partial charge in [-0.25, -0.2) is 12.7 Å². The third-order valence-electron chi connectivity index (χ3n) is 3.30. The first-order valence-corrected chi connectivity index (χ1v) is 8.03. The molecule has 0 radical (unpaired) electrons. The van der Waals surface area contributed by atoms with Gasteiger partial charge in [-0.3, -0.25) is 4.79 Å². The quantitative estimate of drug-likeness (QED) is 0.802. The summed E-state index contributed by atoms with van der Waals surface area (Å²) in [5.41, 5.74) is 0.549. The smallest absolute Gasteiger partial charge is 0.257 e. The van der Waals surface area contributed by atoms with E-state index in [0.29, 0.717) is 43.9 Å². The van der Waals surface area contributed by atoms with Crippen LogP contribution in [0.4, 0.5) is 0 Å². The number of hydrogen-bond acceptors (Lipinski definition) is 4. The molecule has 106 valence electrons. The lowest BCUT2D eigenvalue weighted by Gasteiger charge is -2.20. The summed E-state index contributed by atoms with van der Waals surface area (Å²) < 4.78 is 29.6. The molecule has 1 aliphatic rings. The van der Waals surface area contributed by atoms with Gasteiger partial charge in [0, 0.05) is 26.2 Å². The van der Waals surface area contributed by atoms with Gasteiger partial charge in [-0.1, -0.05) is 0 Å². The van der Waals surface area contributed by atoms with Crippen molar-refractivity contribution in [2.75, 3.05) is 32.4 Å². The summed E-state index contributed by atoms with van der Waals surface area (Å²) in [4.78, 5) is 14.0. The minimum absolute atomic E-state index is 0.0957. The zero-order valence-electron chi connectivity index (χ0n) is 11.1. The lowest BCUT2D eigenvalue weighted by atomic mass is 10.2. The molecule has 7 heteroatoms. The molecule has 0 saturated carbocycles. The van der Waals surface area contributed by atoms with Gasteiger partial charge in [-0.05, 0) is 19.4 Å².